The fourth-order valence-electron chi connectivity index (χ4n) is 2.66. The van der Waals surface area contributed by atoms with Gasteiger partial charge in [0.1, 0.15) is 0 Å². The zero-order chi connectivity index (χ0) is 18.8. The third kappa shape index (κ3) is 5.66. The zero-order valence-electron chi connectivity index (χ0n) is 15.4. The zero-order valence-corrected chi connectivity index (χ0v) is 15.4. The second kappa shape index (κ2) is 10.3. The third-order valence-corrected chi connectivity index (χ3v) is 4.07. The van der Waals surface area contributed by atoms with Gasteiger partial charge >= 0.3 is 5.97 Å². The Morgan fingerprint density at radius 1 is 1.04 bits per heavy atom. The molecule has 138 valence electrons. The fourth-order valence-corrected chi connectivity index (χ4v) is 2.66. The Hall–Kier alpha value is -2.75. The van der Waals surface area contributed by atoms with Crippen LogP contribution in [0, 0.1) is 0 Å². The molecule has 0 spiro atoms. The van der Waals surface area contributed by atoms with Gasteiger partial charge in [0.05, 0.1) is 19.3 Å². The van der Waals surface area contributed by atoms with Crippen LogP contribution in [0.5, 0.6) is 11.5 Å². The first-order chi connectivity index (χ1) is 12.7. The molecule has 0 amide bonds. The van der Waals surface area contributed by atoms with Crippen molar-refractivity contribution in [2.24, 2.45) is 0 Å². The minimum absolute atomic E-state index is 0.240. The Kier molecular flexibility index (Phi) is 7.75. The molecule has 0 saturated heterocycles. The van der Waals surface area contributed by atoms with Crippen molar-refractivity contribution in [3.8, 4) is 11.5 Å². The second-order valence-corrected chi connectivity index (χ2v) is 6.05. The maximum Gasteiger partial charge on any atom is 0.336 e. The topological polar surface area (TPSA) is 55.8 Å². The summed E-state index contributed by atoms with van der Waals surface area (Å²) in [5.74, 6) is 0.318. The normalized spacial score (nSPS) is 11.2. The number of ether oxygens (including phenoxy) is 2. The van der Waals surface area contributed by atoms with Gasteiger partial charge in [-0.1, -0.05) is 62.6 Å². The number of aliphatic carboxylic acids is 1. The van der Waals surface area contributed by atoms with E-state index in [9.17, 15) is 9.90 Å². The fraction of sp³-hybridized carbons (Fsp3) is 0.318. The third-order valence-electron chi connectivity index (χ3n) is 4.07. The molecule has 26 heavy (non-hydrogen) atoms. The van der Waals surface area contributed by atoms with Crippen LogP contribution in [0.2, 0.25) is 0 Å². The lowest BCUT2D eigenvalue weighted by molar-refractivity contribution is -0.130. The molecule has 0 saturated carbocycles. The van der Waals surface area contributed by atoms with Gasteiger partial charge in [-0.15, -0.1) is 0 Å². The van der Waals surface area contributed by atoms with Crippen molar-refractivity contribution in [3.63, 3.8) is 0 Å². The molecule has 4 nitrogen and oxygen atoms in total. The van der Waals surface area contributed by atoms with Crippen LogP contribution in [0.3, 0.4) is 0 Å². The van der Waals surface area contributed by atoms with Gasteiger partial charge in [0.15, 0.2) is 11.5 Å². The highest BCUT2D eigenvalue weighted by molar-refractivity contribution is 6.20. The van der Waals surface area contributed by atoms with Crippen molar-refractivity contribution in [1.82, 2.24) is 0 Å². The summed E-state index contributed by atoms with van der Waals surface area (Å²) < 4.78 is 11.2. The van der Waals surface area contributed by atoms with Crippen molar-refractivity contribution in [3.05, 3.63) is 59.7 Å². The van der Waals surface area contributed by atoms with Crippen molar-refractivity contribution in [2.45, 2.75) is 32.6 Å². The molecule has 0 heterocycles. The summed E-state index contributed by atoms with van der Waals surface area (Å²) in [6.07, 6.45) is 6.15. The molecule has 0 aliphatic heterocycles. The second-order valence-electron chi connectivity index (χ2n) is 6.05. The number of methoxy groups -OCH3 is 1. The van der Waals surface area contributed by atoms with Gasteiger partial charge in [-0.2, -0.15) is 0 Å². The van der Waals surface area contributed by atoms with Crippen molar-refractivity contribution >= 4 is 17.6 Å². The van der Waals surface area contributed by atoms with Crippen LogP contribution in [0.1, 0.15) is 43.7 Å². The summed E-state index contributed by atoms with van der Waals surface area (Å²) in [6, 6.07) is 14.5. The number of benzene rings is 2. The number of carboxylic acid groups (broad SMARTS) is 1. The first-order valence-corrected chi connectivity index (χ1v) is 8.97. The molecule has 0 aromatic heterocycles. The molecule has 0 radical (unpaired) electrons. The molecule has 0 bridgehead atoms. The highest BCUT2D eigenvalue weighted by Crippen LogP contribution is 2.30. The van der Waals surface area contributed by atoms with Gasteiger partial charge in [-0.3, -0.25) is 0 Å². The predicted octanol–water partition coefficient (Wildman–Crippen LogP) is 5.28. The Labute approximate surface area is 155 Å². The standard InChI is InChI=1S/C22H26O4/c1-3-4-5-9-14-26-21-16-17(12-13-20(21)25-2)15-19(22(23)24)18-10-7-6-8-11-18/h6-8,10-13,15-16H,3-5,9,14H2,1-2H3,(H,23,24)/b19-15-. The van der Waals surface area contributed by atoms with E-state index in [1.54, 1.807) is 31.4 Å². The minimum Gasteiger partial charge on any atom is -0.493 e. The van der Waals surface area contributed by atoms with Crippen molar-refractivity contribution < 1.29 is 19.4 Å². The van der Waals surface area contributed by atoms with E-state index in [0.717, 1.165) is 18.4 Å². The molecule has 0 unspecified atom stereocenters. The summed E-state index contributed by atoms with van der Waals surface area (Å²) >= 11 is 0. The van der Waals surface area contributed by atoms with Gasteiger partial charge in [0.2, 0.25) is 0 Å². The van der Waals surface area contributed by atoms with Gasteiger partial charge < -0.3 is 14.6 Å². The summed E-state index contributed by atoms with van der Waals surface area (Å²) in [6.45, 7) is 2.79. The maximum atomic E-state index is 11.7. The van der Waals surface area contributed by atoms with Gasteiger partial charge in [-0.25, -0.2) is 4.79 Å². The molecule has 2 aromatic rings. The van der Waals surface area contributed by atoms with Crippen LogP contribution in [-0.4, -0.2) is 24.8 Å². The number of hydrogen-bond acceptors (Lipinski definition) is 3. The molecular formula is C22H26O4. The lowest BCUT2D eigenvalue weighted by Crippen LogP contribution is -2.01. The van der Waals surface area contributed by atoms with Crippen LogP contribution in [0.4, 0.5) is 0 Å². The highest BCUT2D eigenvalue weighted by Gasteiger charge is 2.11. The number of carbonyl (C=O) groups is 1. The minimum atomic E-state index is -0.964. The molecule has 2 rings (SSSR count). The van der Waals surface area contributed by atoms with Crippen LogP contribution in [-0.2, 0) is 4.79 Å². The van der Waals surface area contributed by atoms with Gasteiger partial charge in [0.25, 0.3) is 0 Å². The molecule has 4 heteroatoms. The summed E-state index contributed by atoms with van der Waals surface area (Å²) in [5, 5.41) is 9.56. The molecule has 2 aromatic carbocycles. The Balaban J connectivity index is 2.22. The quantitative estimate of drug-likeness (QED) is 0.358. The largest absolute Gasteiger partial charge is 0.493 e. The van der Waals surface area contributed by atoms with Crippen LogP contribution in [0.25, 0.3) is 11.6 Å². The van der Waals surface area contributed by atoms with E-state index in [-0.39, 0.29) is 5.57 Å². The smallest absolute Gasteiger partial charge is 0.336 e. The summed E-state index contributed by atoms with van der Waals surface area (Å²) in [5.41, 5.74) is 1.66. The number of hydrogen-bond donors (Lipinski definition) is 1. The van der Waals surface area contributed by atoms with E-state index < -0.39 is 5.97 Å². The Morgan fingerprint density at radius 2 is 1.81 bits per heavy atom. The molecule has 0 atom stereocenters. The molecule has 0 aliphatic carbocycles. The lowest BCUT2D eigenvalue weighted by Gasteiger charge is -2.12. The number of rotatable bonds is 10. The highest BCUT2D eigenvalue weighted by atomic mass is 16.5. The SMILES string of the molecule is CCCCCCOc1cc(/C=C(\C(=O)O)c2ccccc2)ccc1OC. The maximum absolute atomic E-state index is 11.7. The first-order valence-electron chi connectivity index (χ1n) is 8.97. The van der Waals surface area contributed by atoms with E-state index in [0.29, 0.717) is 23.7 Å². The van der Waals surface area contributed by atoms with Crippen molar-refractivity contribution in [1.29, 1.82) is 0 Å². The van der Waals surface area contributed by atoms with E-state index >= 15 is 0 Å². The first kappa shape index (κ1) is 19.6. The van der Waals surface area contributed by atoms with Gasteiger partial charge in [0, 0.05) is 0 Å². The average Bonchev–Trinajstić information content (AvgIpc) is 2.66. The molecular weight excluding hydrogens is 328 g/mol. The van der Waals surface area contributed by atoms with Gasteiger partial charge in [-0.05, 0) is 35.8 Å². The van der Waals surface area contributed by atoms with Crippen molar-refractivity contribution in [2.75, 3.05) is 13.7 Å². The van der Waals surface area contributed by atoms with E-state index in [4.69, 9.17) is 9.47 Å². The average molecular weight is 354 g/mol. The summed E-state index contributed by atoms with van der Waals surface area (Å²) in [7, 11) is 1.60. The predicted molar refractivity (Wildman–Crippen MR) is 105 cm³/mol. The molecule has 0 aliphatic rings. The van der Waals surface area contributed by atoms with Crippen LogP contribution < -0.4 is 9.47 Å². The van der Waals surface area contributed by atoms with Crippen LogP contribution >= 0.6 is 0 Å². The van der Waals surface area contributed by atoms with E-state index in [1.807, 2.05) is 30.3 Å². The lowest BCUT2D eigenvalue weighted by atomic mass is 10.0. The molecule has 0 fully saturated rings. The monoisotopic (exact) mass is 354 g/mol. The summed E-state index contributed by atoms with van der Waals surface area (Å²) in [4.78, 5) is 11.7. The Morgan fingerprint density at radius 3 is 2.46 bits per heavy atom. The number of carboxylic acids is 1. The van der Waals surface area contributed by atoms with E-state index in [1.165, 1.54) is 12.8 Å². The van der Waals surface area contributed by atoms with Crippen LogP contribution in [0.15, 0.2) is 48.5 Å². The Bertz CT molecular complexity index is 735. The number of unbranched alkanes of at least 4 members (excludes halogenated alkanes) is 3. The van der Waals surface area contributed by atoms with E-state index in [2.05, 4.69) is 6.92 Å². The molecule has 1 N–H and O–H groups in total.